The molecule has 0 unspecified atom stereocenters. The number of anilines is 2. The van der Waals surface area contributed by atoms with Crippen molar-refractivity contribution in [3.63, 3.8) is 0 Å². The summed E-state index contributed by atoms with van der Waals surface area (Å²) in [5.74, 6) is 0.205. The Kier molecular flexibility index (Phi) is 9.75. The van der Waals surface area contributed by atoms with Crippen molar-refractivity contribution in [3.8, 4) is 22.6 Å². The molecular formula is C37H41N7O6. The third-order valence-corrected chi connectivity index (χ3v) is 8.89. The van der Waals surface area contributed by atoms with E-state index in [1.807, 2.05) is 42.6 Å². The van der Waals surface area contributed by atoms with Gasteiger partial charge in [0.25, 0.3) is 17.7 Å². The van der Waals surface area contributed by atoms with Crippen LogP contribution in [0.1, 0.15) is 57.0 Å². The summed E-state index contributed by atoms with van der Waals surface area (Å²) in [6.45, 7) is 0.958. The molecule has 0 aliphatic carbocycles. The van der Waals surface area contributed by atoms with Crippen LogP contribution < -0.4 is 20.1 Å². The van der Waals surface area contributed by atoms with Crippen molar-refractivity contribution >= 4 is 46.9 Å². The van der Waals surface area contributed by atoms with Gasteiger partial charge in [-0.2, -0.15) is 0 Å². The lowest BCUT2D eigenvalue weighted by atomic mass is 10.1. The first-order valence-electron chi connectivity index (χ1n) is 16.5. The Morgan fingerprint density at radius 3 is 2.42 bits per heavy atom. The number of nitrogens with zero attached hydrogens (tertiary/aromatic N) is 5. The van der Waals surface area contributed by atoms with Crippen LogP contribution in [-0.4, -0.2) is 89.2 Å². The Bertz CT molecular complexity index is 1970. The van der Waals surface area contributed by atoms with E-state index in [1.54, 1.807) is 66.8 Å². The summed E-state index contributed by atoms with van der Waals surface area (Å²) in [5, 5.41) is 5.75. The van der Waals surface area contributed by atoms with E-state index < -0.39 is 0 Å². The molecule has 0 radical (unpaired) electrons. The Hall–Kier alpha value is -5.85. The highest BCUT2D eigenvalue weighted by molar-refractivity contribution is 6.05. The van der Waals surface area contributed by atoms with E-state index in [0.717, 1.165) is 24.0 Å². The van der Waals surface area contributed by atoms with Crippen molar-refractivity contribution < 1.29 is 28.7 Å². The van der Waals surface area contributed by atoms with Gasteiger partial charge in [0.15, 0.2) is 11.5 Å². The number of hydrogen-bond acceptors (Lipinski definition) is 7. The molecule has 1 atom stereocenters. The number of methoxy groups -OCH3 is 1. The van der Waals surface area contributed by atoms with Gasteiger partial charge in [-0.05, 0) is 55.2 Å². The van der Waals surface area contributed by atoms with Crippen LogP contribution in [0, 0.1) is 0 Å². The van der Waals surface area contributed by atoms with Crippen LogP contribution in [0.15, 0.2) is 65.9 Å². The number of carbonyl (C=O) groups excluding carboxylic acids is 4. The second kappa shape index (κ2) is 14.3. The third kappa shape index (κ3) is 7.12. The molecule has 13 heteroatoms. The first-order chi connectivity index (χ1) is 24.0. The first-order valence-corrected chi connectivity index (χ1v) is 16.5. The Balaban J connectivity index is 1.00. The average Bonchev–Trinajstić information content (AvgIpc) is 3.81. The van der Waals surface area contributed by atoms with Gasteiger partial charge in [0.1, 0.15) is 11.4 Å². The third-order valence-electron chi connectivity index (χ3n) is 8.89. The van der Waals surface area contributed by atoms with E-state index in [2.05, 4.69) is 15.6 Å². The number of aromatic nitrogens is 2. The van der Waals surface area contributed by atoms with Gasteiger partial charge >= 0.3 is 0 Å². The van der Waals surface area contributed by atoms with Gasteiger partial charge in [-0.25, -0.2) is 0 Å². The first kappa shape index (κ1) is 34.0. The molecule has 13 nitrogen and oxygen atoms in total. The molecular weight excluding hydrogens is 638 g/mol. The fourth-order valence-corrected chi connectivity index (χ4v) is 6.22. The molecule has 0 spiro atoms. The number of rotatable bonds is 11. The van der Waals surface area contributed by atoms with E-state index >= 15 is 0 Å². The number of aryl methyl sites for hydroxylation is 2. The van der Waals surface area contributed by atoms with E-state index in [0.29, 0.717) is 58.5 Å². The zero-order chi connectivity index (χ0) is 35.5. The maximum absolute atomic E-state index is 13.1. The van der Waals surface area contributed by atoms with Gasteiger partial charge in [0.05, 0.1) is 36.7 Å². The van der Waals surface area contributed by atoms with Crippen LogP contribution in [0.2, 0.25) is 0 Å². The Morgan fingerprint density at radius 2 is 1.68 bits per heavy atom. The maximum Gasteiger partial charge on any atom is 0.272 e. The van der Waals surface area contributed by atoms with Crippen molar-refractivity contribution in [2.45, 2.75) is 31.7 Å². The minimum atomic E-state index is -0.325. The van der Waals surface area contributed by atoms with Crippen LogP contribution in [0.5, 0.6) is 11.5 Å². The smallest absolute Gasteiger partial charge is 0.272 e. The van der Waals surface area contributed by atoms with Gasteiger partial charge in [-0.3, -0.25) is 24.2 Å². The molecule has 2 aliphatic heterocycles. The van der Waals surface area contributed by atoms with E-state index in [4.69, 9.17) is 9.47 Å². The number of ether oxygens (including phenoxy) is 2. The molecule has 4 aromatic rings. The second-order valence-corrected chi connectivity index (χ2v) is 12.7. The summed E-state index contributed by atoms with van der Waals surface area (Å²) in [5.41, 5.74) is 4.90. The second-order valence-electron chi connectivity index (χ2n) is 12.7. The number of hydrogen-bond donors (Lipinski definition) is 2. The largest absolute Gasteiger partial charge is 0.493 e. The predicted octanol–water partition coefficient (Wildman–Crippen LogP) is 5.11. The van der Waals surface area contributed by atoms with Crippen LogP contribution >= 0.6 is 0 Å². The SMILES string of the molecule is COc1cc2c(cc1OCCCC(=O)Nc1cc(C(=O)Nc3ccc(-c4cc(C(=O)N(C)C)n(C)c4)cc3)n(C)c1)N=C[C@@H]1CCCN1C2=O. The molecule has 1 fully saturated rings. The number of amides is 4. The summed E-state index contributed by atoms with van der Waals surface area (Å²) < 4.78 is 14.9. The molecule has 1 saturated heterocycles. The Morgan fingerprint density at radius 1 is 0.920 bits per heavy atom. The van der Waals surface area contributed by atoms with Gasteiger partial charge in [-0.1, -0.05) is 12.1 Å². The lowest BCUT2D eigenvalue weighted by Crippen LogP contribution is -2.35. The highest BCUT2D eigenvalue weighted by atomic mass is 16.5. The molecule has 2 N–H and O–H groups in total. The normalized spacial score (nSPS) is 14.9. The topological polar surface area (TPSA) is 139 Å². The van der Waals surface area contributed by atoms with Crippen molar-refractivity contribution in [1.82, 2.24) is 18.9 Å². The molecule has 0 saturated carbocycles. The Labute approximate surface area is 290 Å². The van der Waals surface area contributed by atoms with Crippen LogP contribution in [0.3, 0.4) is 0 Å². The molecule has 260 valence electrons. The minimum absolute atomic E-state index is 0.00867. The summed E-state index contributed by atoms with van der Waals surface area (Å²) in [6, 6.07) is 14.2. The number of benzene rings is 2. The van der Waals surface area contributed by atoms with E-state index in [9.17, 15) is 19.2 Å². The monoisotopic (exact) mass is 679 g/mol. The number of carbonyl (C=O) groups is 4. The van der Waals surface area contributed by atoms with E-state index in [1.165, 1.54) is 12.0 Å². The van der Waals surface area contributed by atoms with E-state index in [-0.39, 0.29) is 42.7 Å². The summed E-state index contributed by atoms with van der Waals surface area (Å²) in [7, 11) is 8.52. The zero-order valence-corrected chi connectivity index (χ0v) is 28.9. The van der Waals surface area contributed by atoms with Gasteiger partial charge in [0.2, 0.25) is 5.91 Å². The zero-order valence-electron chi connectivity index (χ0n) is 28.9. The van der Waals surface area contributed by atoms with Crippen molar-refractivity contribution in [1.29, 1.82) is 0 Å². The highest BCUT2D eigenvalue weighted by Crippen LogP contribution is 2.38. The molecule has 4 amide bonds. The van der Waals surface area contributed by atoms with Crippen LogP contribution in [0.25, 0.3) is 11.1 Å². The van der Waals surface area contributed by atoms with Crippen molar-refractivity contribution in [2.24, 2.45) is 19.1 Å². The minimum Gasteiger partial charge on any atom is -0.493 e. The summed E-state index contributed by atoms with van der Waals surface area (Å²) in [4.78, 5) is 59.3. The maximum atomic E-state index is 13.1. The van der Waals surface area contributed by atoms with Crippen LogP contribution in [-0.2, 0) is 18.9 Å². The van der Waals surface area contributed by atoms with Crippen molar-refractivity contribution in [3.05, 3.63) is 77.9 Å². The standard InChI is InChI=1S/C37H41N7O6/c1-41(2)37(48)31-16-24(21-42(31)3)23-10-12-25(13-11-23)40-35(46)30-17-26(22-43(30)4)39-34(45)9-7-15-50-33-19-29-28(18-32(33)49-5)36(47)44-14-6-8-27(44)20-38-29/h10-13,16-22,27H,6-9,14-15H2,1-5H3,(H,39,45)(H,40,46)/t27-/m0/s1. The summed E-state index contributed by atoms with van der Waals surface area (Å²) >= 11 is 0. The lowest BCUT2D eigenvalue weighted by molar-refractivity contribution is -0.116. The number of fused-ring (bicyclic) bond motifs is 2. The predicted molar refractivity (Wildman–Crippen MR) is 191 cm³/mol. The van der Waals surface area contributed by atoms with Gasteiger partial charge < -0.3 is 39.0 Å². The molecule has 6 rings (SSSR count). The molecule has 2 aliphatic rings. The summed E-state index contributed by atoms with van der Waals surface area (Å²) in [6.07, 6.45) is 7.88. The van der Waals surface area contributed by atoms with Gasteiger partial charge in [-0.15, -0.1) is 0 Å². The molecule has 2 aromatic heterocycles. The average molecular weight is 680 g/mol. The van der Waals surface area contributed by atoms with Crippen LogP contribution in [0.4, 0.5) is 17.1 Å². The lowest BCUT2D eigenvalue weighted by Gasteiger charge is -2.20. The molecule has 2 aromatic carbocycles. The fourth-order valence-electron chi connectivity index (χ4n) is 6.22. The molecule has 50 heavy (non-hydrogen) atoms. The fraction of sp³-hybridized carbons (Fsp3) is 0.324. The van der Waals surface area contributed by atoms with Crippen molar-refractivity contribution in [2.75, 3.05) is 45.0 Å². The van der Waals surface area contributed by atoms with Gasteiger partial charge in [0, 0.05) is 77.1 Å². The number of aliphatic imine (C=N–C) groups is 1. The molecule has 0 bridgehead atoms. The quantitative estimate of drug-likeness (QED) is 0.211. The highest BCUT2D eigenvalue weighted by Gasteiger charge is 2.32. The molecule has 4 heterocycles. The number of nitrogens with one attached hydrogen (secondary N) is 2.